The molecule has 0 spiro atoms. The molecule has 2 aliphatic heterocycles. The highest BCUT2D eigenvalue weighted by molar-refractivity contribution is 6.43. The number of nitrogens with one attached hydrogen (secondary N) is 1. The Hall–Kier alpha value is -2.45. The van der Waals surface area contributed by atoms with E-state index in [1.165, 1.54) is 6.42 Å². The Morgan fingerprint density at radius 1 is 1.00 bits per heavy atom. The molecule has 7 nitrogen and oxygen atoms in total. The van der Waals surface area contributed by atoms with Gasteiger partial charge < -0.3 is 4.90 Å². The van der Waals surface area contributed by atoms with Gasteiger partial charge in [-0.1, -0.05) is 60.3 Å². The maximum absolute atomic E-state index is 12.3. The van der Waals surface area contributed by atoms with Crippen LogP contribution in [-0.4, -0.2) is 73.7 Å². The van der Waals surface area contributed by atoms with E-state index in [0.717, 1.165) is 81.5 Å². The van der Waals surface area contributed by atoms with E-state index < -0.39 is 0 Å². The summed E-state index contributed by atoms with van der Waals surface area (Å²) in [5, 5.41) is 3.66. The summed E-state index contributed by atoms with van der Waals surface area (Å²) in [7, 11) is 1.88. The summed E-state index contributed by atoms with van der Waals surface area (Å²) in [4.78, 5) is 42.4. The van der Waals surface area contributed by atoms with Crippen LogP contribution in [0.3, 0.4) is 0 Å². The van der Waals surface area contributed by atoms with Crippen LogP contribution in [0.1, 0.15) is 60.0 Å². The highest BCUT2D eigenvalue weighted by Gasteiger charge is 2.30. The quantitative estimate of drug-likeness (QED) is 0.220. The standard InChI is InChI=1S/C30H38Cl2N4O3/c1-34(27-13-14-28(38)33-30(27)39)20-24-22(9-6-10-23(24)21-37)8-4-2-3-5-15-35-16-18-36(19-17-35)26-12-7-11-25(31)29(26)32/h6-7,9-12,21,27H,2-5,8,13-20H2,1H3,(H,33,38,39). The lowest BCUT2D eigenvalue weighted by Crippen LogP contribution is -2.51. The normalized spacial score (nSPS) is 18.5. The lowest BCUT2D eigenvalue weighted by molar-refractivity contribution is -0.137. The molecule has 39 heavy (non-hydrogen) atoms. The molecule has 9 heteroatoms. The number of carbonyl (C=O) groups is 3. The number of nitrogens with zero attached hydrogens (tertiary/aromatic N) is 3. The number of anilines is 1. The summed E-state index contributed by atoms with van der Waals surface area (Å²) in [6, 6.07) is 11.3. The molecule has 2 saturated heterocycles. The first-order chi connectivity index (χ1) is 18.9. The first kappa shape index (κ1) is 29.5. The SMILES string of the molecule is CN(Cc1c(C=O)cccc1CCCCCCN1CCN(c2cccc(Cl)c2Cl)CC1)C1CCC(=O)NC1=O. The predicted molar refractivity (Wildman–Crippen MR) is 157 cm³/mol. The van der Waals surface area contributed by atoms with Crippen molar-refractivity contribution in [3.63, 3.8) is 0 Å². The van der Waals surface area contributed by atoms with E-state index >= 15 is 0 Å². The van der Waals surface area contributed by atoms with E-state index in [0.29, 0.717) is 35.0 Å². The van der Waals surface area contributed by atoms with Crippen molar-refractivity contribution >= 4 is 47.0 Å². The van der Waals surface area contributed by atoms with Crippen LogP contribution >= 0.6 is 23.2 Å². The second-order valence-corrected chi connectivity index (χ2v) is 11.3. The largest absolute Gasteiger partial charge is 0.368 e. The van der Waals surface area contributed by atoms with Gasteiger partial charge in [-0.2, -0.15) is 0 Å². The number of aryl methyl sites for hydroxylation is 1. The molecule has 0 radical (unpaired) electrons. The topological polar surface area (TPSA) is 73.0 Å². The Balaban J connectivity index is 1.20. The van der Waals surface area contributed by atoms with Crippen molar-refractivity contribution in [3.8, 4) is 0 Å². The number of rotatable bonds is 12. The van der Waals surface area contributed by atoms with Gasteiger partial charge in [-0.3, -0.25) is 29.5 Å². The molecule has 210 valence electrons. The molecule has 2 amide bonds. The van der Waals surface area contributed by atoms with Crippen LogP contribution < -0.4 is 10.2 Å². The molecule has 0 bridgehead atoms. The van der Waals surface area contributed by atoms with E-state index in [-0.39, 0.29) is 17.9 Å². The van der Waals surface area contributed by atoms with Gasteiger partial charge in [-0.15, -0.1) is 0 Å². The van der Waals surface area contributed by atoms with Gasteiger partial charge in [0.15, 0.2) is 0 Å². The molecule has 1 atom stereocenters. The van der Waals surface area contributed by atoms with Crippen LogP contribution in [0.5, 0.6) is 0 Å². The summed E-state index contributed by atoms with van der Waals surface area (Å²) in [5.74, 6) is -0.475. The van der Waals surface area contributed by atoms with Gasteiger partial charge >= 0.3 is 0 Å². The van der Waals surface area contributed by atoms with Crippen LogP contribution in [0.4, 0.5) is 5.69 Å². The number of piperidine rings is 1. The summed E-state index contributed by atoms with van der Waals surface area (Å²) in [6.45, 7) is 5.53. The number of carbonyl (C=O) groups excluding carboxylic acids is 3. The molecule has 2 aromatic carbocycles. The van der Waals surface area contributed by atoms with E-state index in [2.05, 4.69) is 21.2 Å². The average Bonchev–Trinajstić information content (AvgIpc) is 2.93. The second-order valence-electron chi connectivity index (χ2n) is 10.6. The van der Waals surface area contributed by atoms with Gasteiger partial charge in [0.1, 0.15) is 6.29 Å². The van der Waals surface area contributed by atoms with Gasteiger partial charge in [0.05, 0.1) is 21.8 Å². The molecule has 4 rings (SSSR count). The van der Waals surface area contributed by atoms with Gasteiger partial charge in [-0.25, -0.2) is 0 Å². The fraction of sp³-hybridized carbons (Fsp3) is 0.500. The van der Waals surface area contributed by atoms with Gasteiger partial charge in [0.2, 0.25) is 11.8 Å². The van der Waals surface area contributed by atoms with E-state index in [9.17, 15) is 14.4 Å². The molecule has 0 aliphatic carbocycles. The number of likely N-dealkylation sites (N-methyl/N-ethyl adjacent to an activating group) is 1. The lowest BCUT2D eigenvalue weighted by Gasteiger charge is -2.36. The number of unbranched alkanes of at least 4 members (excludes halogenated alkanes) is 3. The maximum Gasteiger partial charge on any atom is 0.243 e. The molecule has 0 aromatic heterocycles. The van der Waals surface area contributed by atoms with Crippen molar-refractivity contribution in [2.75, 3.05) is 44.7 Å². The molecule has 2 aromatic rings. The summed E-state index contributed by atoms with van der Waals surface area (Å²) < 4.78 is 0. The molecule has 2 heterocycles. The second kappa shape index (κ2) is 14.3. The zero-order chi connectivity index (χ0) is 27.8. The summed E-state index contributed by atoms with van der Waals surface area (Å²) in [5.41, 5.74) is 3.84. The number of benzene rings is 2. The minimum Gasteiger partial charge on any atom is -0.368 e. The Morgan fingerprint density at radius 2 is 1.74 bits per heavy atom. The number of amides is 2. The minimum atomic E-state index is -0.361. The molecule has 0 saturated carbocycles. The van der Waals surface area contributed by atoms with E-state index in [1.54, 1.807) is 0 Å². The number of halogens is 2. The van der Waals surface area contributed by atoms with Crippen LogP contribution in [0, 0.1) is 0 Å². The van der Waals surface area contributed by atoms with Crippen molar-refractivity contribution < 1.29 is 14.4 Å². The number of piperazine rings is 1. The highest BCUT2D eigenvalue weighted by Crippen LogP contribution is 2.33. The van der Waals surface area contributed by atoms with Gasteiger partial charge in [-0.05, 0) is 62.5 Å². The number of aldehydes is 1. The zero-order valence-electron chi connectivity index (χ0n) is 22.6. The third kappa shape index (κ3) is 7.82. The Bertz CT molecular complexity index is 1170. The van der Waals surface area contributed by atoms with E-state index in [4.69, 9.17) is 23.2 Å². The monoisotopic (exact) mass is 572 g/mol. The third-order valence-electron chi connectivity index (χ3n) is 7.90. The first-order valence-corrected chi connectivity index (χ1v) is 14.6. The number of imide groups is 1. The molecule has 2 fully saturated rings. The smallest absolute Gasteiger partial charge is 0.243 e. The van der Waals surface area contributed by atoms with Crippen molar-refractivity contribution in [1.82, 2.24) is 15.1 Å². The Kier molecular flexibility index (Phi) is 10.8. The molecular weight excluding hydrogens is 535 g/mol. The molecule has 1 unspecified atom stereocenters. The van der Waals surface area contributed by atoms with Crippen LogP contribution in [0.15, 0.2) is 36.4 Å². The zero-order valence-corrected chi connectivity index (χ0v) is 24.1. The van der Waals surface area contributed by atoms with Gasteiger partial charge in [0.25, 0.3) is 0 Å². The number of hydrogen-bond donors (Lipinski definition) is 1. The van der Waals surface area contributed by atoms with E-state index in [1.807, 2.05) is 42.3 Å². The van der Waals surface area contributed by atoms with Crippen molar-refractivity contribution in [3.05, 3.63) is 63.1 Å². The van der Waals surface area contributed by atoms with Crippen molar-refractivity contribution in [2.24, 2.45) is 0 Å². The Labute approximate surface area is 241 Å². The average molecular weight is 574 g/mol. The highest BCUT2D eigenvalue weighted by atomic mass is 35.5. The summed E-state index contributed by atoms with van der Waals surface area (Å²) >= 11 is 12.6. The van der Waals surface area contributed by atoms with Crippen LogP contribution in [-0.2, 0) is 22.6 Å². The lowest BCUT2D eigenvalue weighted by atomic mass is 9.95. The maximum atomic E-state index is 12.3. The Morgan fingerprint density at radius 3 is 2.49 bits per heavy atom. The van der Waals surface area contributed by atoms with Crippen molar-refractivity contribution in [1.29, 1.82) is 0 Å². The molecule has 1 N–H and O–H groups in total. The fourth-order valence-corrected chi connectivity index (χ4v) is 6.02. The minimum absolute atomic E-state index is 0.219. The third-order valence-corrected chi connectivity index (χ3v) is 8.71. The summed E-state index contributed by atoms with van der Waals surface area (Å²) in [6.07, 6.45) is 7.16. The molecule has 2 aliphatic rings. The number of hydrogen-bond acceptors (Lipinski definition) is 6. The first-order valence-electron chi connectivity index (χ1n) is 13.9. The fourth-order valence-electron chi connectivity index (χ4n) is 5.61. The van der Waals surface area contributed by atoms with Crippen LogP contribution in [0.25, 0.3) is 0 Å². The van der Waals surface area contributed by atoms with Crippen LogP contribution in [0.2, 0.25) is 10.0 Å². The van der Waals surface area contributed by atoms with Gasteiger partial charge in [0, 0.05) is 44.7 Å². The predicted octanol–water partition coefficient (Wildman–Crippen LogP) is 4.97. The molecular formula is C30H38Cl2N4O3. The van der Waals surface area contributed by atoms with Crippen molar-refractivity contribution in [2.45, 2.75) is 57.5 Å².